The maximum Gasteiger partial charge on any atom is 0.228 e. The van der Waals surface area contributed by atoms with E-state index >= 15 is 0 Å². The Labute approximate surface area is 189 Å². The number of hydrogen-bond donors (Lipinski definition) is 2. The quantitative estimate of drug-likeness (QED) is 0.577. The molecular weight excluding hydrogens is 408 g/mol. The average molecular weight is 445 g/mol. The van der Waals surface area contributed by atoms with Crippen molar-refractivity contribution in [3.63, 3.8) is 0 Å². The number of likely N-dealkylation sites (N-methyl/N-ethyl adjacent to an activating group) is 2. The van der Waals surface area contributed by atoms with Crippen LogP contribution in [0.4, 0.5) is 11.6 Å². The molecule has 0 spiro atoms. The minimum Gasteiger partial charge on any atom is -0.311 e. The number of nitrogens with one attached hydrogen (secondary N) is 2. The normalized spacial score (nSPS) is 18.8. The van der Waals surface area contributed by atoms with E-state index in [1.807, 2.05) is 49.7 Å². The molecule has 1 aliphatic carbocycles. The topological polar surface area (TPSA) is 100 Å². The lowest BCUT2D eigenvalue weighted by atomic mass is 9.81. The van der Waals surface area contributed by atoms with Gasteiger partial charge in [-0.3, -0.25) is 9.59 Å². The Morgan fingerprint density at radius 1 is 0.812 bits per heavy atom. The molecule has 0 atom stereocenters. The van der Waals surface area contributed by atoms with Crippen LogP contribution in [0.2, 0.25) is 0 Å². The third-order valence-corrected chi connectivity index (χ3v) is 5.92. The van der Waals surface area contributed by atoms with Crippen molar-refractivity contribution in [2.75, 3.05) is 51.9 Å². The van der Waals surface area contributed by atoms with Gasteiger partial charge in [0.2, 0.25) is 11.8 Å². The molecule has 1 saturated carbocycles. The van der Waals surface area contributed by atoms with Gasteiger partial charge in [0.1, 0.15) is 11.6 Å². The number of carbonyl (C=O) groups is 2. The number of aromatic nitrogens is 4. The summed E-state index contributed by atoms with van der Waals surface area (Å²) in [4.78, 5) is 29.7. The predicted molar refractivity (Wildman–Crippen MR) is 124 cm³/mol. The molecule has 32 heavy (non-hydrogen) atoms. The highest BCUT2D eigenvalue weighted by molar-refractivity contribution is 5.93. The van der Waals surface area contributed by atoms with Gasteiger partial charge in [-0.05, 0) is 53.9 Å². The fourth-order valence-electron chi connectivity index (χ4n) is 3.90. The van der Waals surface area contributed by atoms with E-state index < -0.39 is 0 Å². The van der Waals surface area contributed by atoms with Crippen LogP contribution < -0.4 is 10.6 Å². The number of amides is 2. The minimum atomic E-state index is -0.0816. The van der Waals surface area contributed by atoms with E-state index in [1.165, 1.54) is 0 Å². The van der Waals surface area contributed by atoms with E-state index in [9.17, 15) is 9.59 Å². The van der Waals surface area contributed by atoms with Gasteiger partial charge in [-0.1, -0.05) is 0 Å². The van der Waals surface area contributed by atoms with Crippen LogP contribution in [0.3, 0.4) is 0 Å². The highest BCUT2D eigenvalue weighted by atomic mass is 16.2. The maximum absolute atomic E-state index is 12.8. The smallest absolute Gasteiger partial charge is 0.228 e. The van der Waals surface area contributed by atoms with E-state index in [1.54, 1.807) is 12.4 Å². The maximum atomic E-state index is 12.8. The predicted octanol–water partition coefficient (Wildman–Crippen LogP) is 1.59. The van der Waals surface area contributed by atoms with E-state index in [-0.39, 0.29) is 23.7 Å². The average Bonchev–Trinajstić information content (AvgIpc) is 3.39. The summed E-state index contributed by atoms with van der Waals surface area (Å²) in [5.41, 5.74) is 0. The van der Waals surface area contributed by atoms with Gasteiger partial charge in [0.15, 0.2) is 0 Å². The van der Waals surface area contributed by atoms with Gasteiger partial charge in [-0.15, -0.1) is 0 Å². The Hall–Kier alpha value is -2.72. The Morgan fingerprint density at radius 3 is 1.53 bits per heavy atom. The third kappa shape index (κ3) is 6.64. The van der Waals surface area contributed by atoms with Crippen LogP contribution in [0.5, 0.6) is 0 Å². The molecule has 2 N–H and O–H groups in total. The fourth-order valence-corrected chi connectivity index (χ4v) is 3.90. The SMILES string of the molecule is CN(C)CCn1nccc1NC(=O)C1CCC(C(=O)Nc2ccnn2CCN(C)C)CC1. The molecule has 0 aliphatic heterocycles. The molecule has 0 aromatic carbocycles. The van der Waals surface area contributed by atoms with E-state index in [0.29, 0.717) is 38.8 Å². The Morgan fingerprint density at radius 2 is 1.19 bits per heavy atom. The standard InChI is InChI=1S/C22H36N8O2/c1-27(2)13-15-29-19(9-11-23-29)25-21(31)17-5-7-18(8-6-17)22(32)26-20-10-12-24-30(20)16-14-28(3)4/h9-12,17-18H,5-8,13-16H2,1-4H3,(H,25,31)(H,26,32). The first kappa shape index (κ1) is 23.9. The summed E-state index contributed by atoms with van der Waals surface area (Å²) in [6, 6.07) is 3.65. The first-order valence-electron chi connectivity index (χ1n) is 11.3. The Kier molecular flexibility index (Phi) is 8.40. The van der Waals surface area contributed by atoms with Crippen molar-refractivity contribution in [3.05, 3.63) is 24.5 Å². The molecule has 1 fully saturated rings. The molecule has 2 aromatic rings. The summed E-state index contributed by atoms with van der Waals surface area (Å²) in [5, 5.41) is 14.6. The number of nitrogens with zero attached hydrogens (tertiary/aromatic N) is 6. The van der Waals surface area contributed by atoms with Crippen LogP contribution in [0.15, 0.2) is 24.5 Å². The summed E-state index contributed by atoms with van der Waals surface area (Å²) in [7, 11) is 8.03. The summed E-state index contributed by atoms with van der Waals surface area (Å²) in [6.45, 7) is 3.12. The van der Waals surface area contributed by atoms with Crippen molar-refractivity contribution >= 4 is 23.5 Å². The molecule has 2 aromatic heterocycles. The number of rotatable bonds is 10. The molecule has 10 nitrogen and oxygen atoms in total. The van der Waals surface area contributed by atoms with Crippen molar-refractivity contribution in [2.45, 2.75) is 38.8 Å². The summed E-state index contributed by atoms with van der Waals surface area (Å²) >= 11 is 0. The summed E-state index contributed by atoms with van der Waals surface area (Å²) < 4.78 is 3.63. The second-order valence-corrected chi connectivity index (χ2v) is 9.01. The van der Waals surface area contributed by atoms with Crippen LogP contribution in [0, 0.1) is 11.8 Å². The van der Waals surface area contributed by atoms with Crippen LogP contribution in [-0.4, -0.2) is 82.5 Å². The molecule has 3 rings (SSSR count). The van der Waals surface area contributed by atoms with E-state index in [0.717, 1.165) is 24.7 Å². The van der Waals surface area contributed by atoms with Gasteiger partial charge >= 0.3 is 0 Å². The van der Waals surface area contributed by atoms with Crippen molar-refractivity contribution in [2.24, 2.45) is 11.8 Å². The van der Waals surface area contributed by atoms with E-state index in [2.05, 4.69) is 30.6 Å². The first-order valence-corrected chi connectivity index (χ1v) is 11.3. The summed E-state index contributed by atoms with van der Waals surface area (Å²) in [5.74, 6) is 1.31. The van der Waals surface area contributed by atoms with Gasteiger partial charge in [0, 0.05) is 37.1 Å². The van der Waals surface area contributed by atoms with Crippen molar-refractivity contribution in [3.8, 4) is 0 Å². The second kappa shape index (κ2) is 11.2. The first-order chi connectivity index (χ1) is 15.3. The van der Waals surface area contributed by atoms with Gasteiger partial charge in [-0.2, -0.15) is 10.2 Å². The Bertz CT molecular complexity index is 808. The molecule has 2 heterocycles. The highest BCUT2D eigenvalue weighted by Crippen LogP contribution is 2.30. The lowest BCUT2D eigenvalue weighted by Crippen LogP contribution is -2.33. The lowest BCUT2D eigenvalue weighted by molar-refractivity contribution is -0.125. The third-order valence-electron chi connectivity index (χ3n) is 5.92. The van der Waals surface area contributed by atoms with Crippen LogP contribution in [0.1, 0.15) is 25.7 Å². The fraction of sp³-hybridized carbons (Fsp3) is 0.636. The van der Waals surface area contributed by atoms with Gasteiger partial charge in [0.05, 0.1) is 25.5 Å². The lowest BCUT2D eigenvalue weighted by Gasteiger charge is -2.27. The second-order valence-electron chi connectivity index (χ2n) is 9.01. The zero-order valence-electron chi connectivity index (χ0n) is 19.6. The molecule has 10 heteroatoms. The molecule has 0 bridgehead atoms. The molecule has 0 saturated heterocycles. The molecule has 1 aliphatic rings. The number of anilines is 2. The van der Waals surface area contributed by atoms with E-state index in [4.69, 9.17) is 0 Å². The zero-order valence-corrected chi connectivity index (χ0v) is 19.6. The largest absolute Gasteiger partial charge is 0.311 e. The minimum absolute atomic E-state index is 0.0113. The van der Waals surface area contributed by atoms with Crippen LogP contribution >= 0.6 is 0 Å². The van der Waals surface area contributed by atoms with Gasteiger partial charge < -0.3 is 20.4 Å². The molecule has 0 unspecified atom stereocenters. The van der Waals surface area contributed by atoms with Crippen LogP contribution in [-0.2, 0) is 22.7 Å². The molecular formula is C22H36N8O2. The van der Waals surface area contributed by atoms with Gasteiger partial charge in [-0.25, -0.2) is 9.36 Å². The number of hydrogen-bond acceptors (Lipinski definition) is 6. The van der Waals surface area contributed by atoms with Crippen LogP contribution in [0.25, 0.3) is 0 Å². The van der Waals surface area contributed by atoms with Crippen molar-refractivity contribution in [1.82, 2.24) is 29.4 Å². The van der Waals surface area contributed by atoms with Crippen molar-refractivity contribution < 1.29 is 9.59 Å². The molecule has 0 radical (unpaired) electrons. The van der Waals surface area contributed by atoms with Gasteiger partial charge in [0.25, 0.3) is 0 Å². The molecule has 176 valence electrons. The number of carbonyl (C=O) groups excluding carboxylic acids is 2. The monoisotopic (exact) mass is 444 g/mol. The van der Waals surface area contributed by atoms with Crippen molar-refractivity contribution in [1.29, 1.82) is 0 Å². The Balaban J connectivity index is 1.47. The highest BCUT2D eigenvalue weighted by Gasteiger charge is 2.30. The summed E-state index contributed by atoms with van der Waals surface area (Å²) in [6.07, 6.45) is 6.22. The zero-order chi connectivity index (χ0) is 23.1. The molecule has 2 amide bonds.